The fraction of sp³-hybridized carbons (Fsp3) is 0.190. The Morgan fingerprint density at radius 3 is 1.12 bits per heavy atom. The molecule has 1 aliphatic heterocycles. The van der Waals surface area contributed by atoms with E-state index in [1.165, 1.54) is 113 Å². The van der Waals surface area contributed by atoms with Crippen molar-refractivity contribution in [2.75, 3.05) is 9.80 Å². The van der Waals surface area contributed by atoms with Gasteiger partial charge in [-0.05, 0) is 59.9 Å². The third kappa shape index (κ3) is 7.06. The van der Waals surface area contributed by atoms with E-state index in [2.05, 4.69) is 22.1 Å². The largest absolute Gasteiger partial charge is 2.00 e. The normalized spacial score (nSPS) is 14.9. The van der Waals surface area contributed by atoms with Crippen molar-refractivity contribution in [1.29, 1.82) is 0 Å². The van der Waals surface area contributed by atoms with E-state index < -0.39 is 80.1 Å². The van der Waals surface area contributed by atoms with E-state index in [0.717, 1.165) is 9.80 Å². The number of rotatable bonds is 2. The molecule has 57 heavy (non-hydrogen) atoms. The molecule has 1 aliphatic rings. The number of aromatic nitrogens is 2. The molecule has 0 aliphatic carbocycles. The summed E-state index contributed by atoms with van der Waals surface area (Å²) in [6, 6.07) is 27.7. The van der Waals surface area contributed by atoms with Crippen LogP contribution in [0.4, 0.5) is 78.3 Å². The molecule has 0 saturated carbocycles. The molecule has 0 N–H and O–H groups in total. The number of nitrogens with zero attached hydrogens (tertiary/aromatic N) is 4. The van der Waals surface area contributed by atoms with Gasteiger partial charge in [0.1, 0.15) is 11.6 Å². The van der Waals surface area contributed by atoms with Crippen molar-refractivity contribution >= 4 is 34.4 Å². The molecule has 0 spiro atoms. The number of para-hydroxylation sites is 2. The van der Waals surface area contributed by atoms with Crippen LogP contribution in [-0.2, 0) is 44.2 Å². The minimum Gasteiger partial charge on any atom is -0.316 e. The zero-order valence-electron chi connectivity index (χ0n) is 30.1. The van der Waals surface area contributed by atoms with Gasteiger partial charge in [-0.1, -0.05) is 76.2 Å². The second-order valence-electron chi connectivity index (χ2n) is 14.1. The van der Waals surface area contributed by atoms with Crippen LogP contribution in [0.25, 0.3) is 0 Å². The molecule has 4 aromatic carbocycles. The van der Waals surface area contributed by atoms with Gasteiger partial charge in [0.2, 0.25) is 0 Å². The zero-order valence-corrected chi connectivity index (χ0v) is 32.4. The van der Waals surface area contributed by atoms with Gasteiger partial charge < -0.3 is 9.80 Å². The number of anilines is 6. The van der Waals surface area contributed by atoms with Crippen LogP contribution in [0.2, 0.25) is 0 Å². The Morgan fingerprint density at radius 1 is 0.474 bits per heavy atom. The summed E-state index contributed by atoms with van der Waals surface area (Å²) in [6.07, 6.45) is -11.1. The average Bonchev–Trinajstić information content (AvgIpc) is 3.13. The fourth-order valence-electron chi connectivity index (χ4n) is 6.76. The first kappa shape index (κ1) is 41.4. The molecule has 296 valence electrons. The standard InChI is InChI=1S/C42H28F10N4.Pt/c1-39(2)25-21-27(37(45)33(35(25)43)41(47,48)49)55(23-13-7-5-8-14-23)32-20-12-18-30(54-32)40(3,4)26-22-28(38(46)34(36(26)44)42(50,51)52)56(24-15-9-6-10-16-24)31-19-11-17-29(39)53-31;/h5-20H,1-4H3;/q-2;+2. The van der Waals surface area contributed by atoms with E-state index in [4.69, 9.17) is 0 Å². The number of fused-ring (bicyclic) bond motifs is 8. The predicted molar refractivity (Wildman–Crippen MR) is 190 cm³/mol. The summed E-state index contributed by atoms with van der Waals surface area (Å²) in [6.45, 7) is 5.18. The number of halogens is 10. The number of benzene rings is 4. The van der Waals surface area contributed by atoms with Crippen LogP contribution < -0.4 is 9.80 Å². The van der Waals surface area contributed by atoms with Crippen molar-refractivity contribution in [2.45, 2.75) is 50.9 Å². The Balaban J connectivity index is 0.00000549. The summed E-state index contributed by atoms with van der Waals surface area (Å²) < 4.78 is 154. The molecule has 15 heteroatoms. The van der Waals surface area contributed by atoms with Crippen LogP contribution in [0.3, 0.4) is 0 Å². The van der Waals surface area contributed by atoms with Gasteiger partial charge >= 0.3 is 33.4 Å². The van der Waals surface area contributed by atoms with Crippen molar-refractivity contribution < 1.29 is 65.0 Å². The smallest absolute Gasteiger partial charge is 0.316 e. The van der Waals surface area contributed by atoms with Crippen LogP contribution in [0.5, 0.6) is 0 Å². The van der Waals surface area contributed by atoms with E-state index in [9.17, 15) is 26.3 Å². The second kappa shape index (κ2) is 14.6. The number of pyridine rings is 2. The zero-order chi connectivity index (χ0) is 40.5. The Kier molecular flexibility index (Phi) is 10.6. The number of hydrogen-bond acceptors (Lipinski definition) is 4. The maximum absolute atomic E-state index is 16.5. The molecule has 0 radical (unpaired) electrons. The van der Waals surface area contributed by atoms with Gasteiger partial charge in [0.15, 0.2) is 0 Å². The minimum atomic E-state index is -5.56. The van der Waals surface area contributed by atoms with E-state index in [-0.39, 0.29) is 55.5 Å². The quantitative estimate of drug-likeness (QED) is 0.128. The Hall–Kier alpha value is -5.23. The van der Waals surface area contributed by atoms with Gasteiger partial charge in [0.05, 0.1) is 11.4 Å². The van der Waals surface area contributed by atoms with Crippen LogP contribution in [0, 0.1) is 35.4 Å². The predicted octanol–water partition coefficient (Wildman–Crippen LogP) is 12.6. The summed E-state index contributed by atoms with van der Waals surface area (Å²) in [5.74, 6) is -8.61. The maximum Gasteiger partial charge on any atom is 2.00 e. The van der Waals surface area contributed by atoms with E-state index in [1.807, 2.05) is 0 Å². The monoisotopic (exact) mass is 973 g/mol. The van der Waals surface area contributed by atoms with Gasteiger partial charge in [-0.3, -0.25) is 17.6 Å². The van der Waals surface area contributed by atoms with Crippen molar-refractivity contribution in [3.8, 4) is 0 Å². The second-order valence-corrected chi connectivity index (χ2v) is 14.1. The first-order chi connectivity index (χ1) is 26.2. The van der Waals surface area contributed by atoms with Gasteiger partial charge in [-0.15, -0.1) is 23.3 Å². The van der Waals surface area contributed by atoms with Crippen LogP contribution in [-0.4, -0.2) is 9.97 Å². The van der Waals surface area contributed by atoms with E-state index in [0.29, 0.717) is 0 Å². The molecule has 0 atom stereocenters. The summed E-state index contributed by atoms with van der Waals surface area (Å²) in [5.41, 5.74) is -11.8. The van der Waals surface area contributed by atoms with Crippen LogP contribution in [0.1, 0.15) is 61.3 Å². The molecule has 0 unspecified atom stereocenters. The summed E-state index contributed by atoms with van der Waals surface area (Å²) in [5, 5.41) is 0. The molecule has 4 nitrogen and oxygen atoms in total. The molecule has 3 heterocycles. The first-order valence-electron chi connectivity index (χ1n) is 16.9. The molecule has 6 aromatic rings. The average molecular weight is 974 g/mol. The van der Waals surface area contributed by atoms with Gasteiger partial charge in [-0.25, -0.2) is 9.97 Å². The third-order valence-corrected chi connectivity index (χ3v) is 9.72. The van der Waals surface area contributed by atoms with Gasteiger partial charge in [0, 0.05) is 56.6 Å². The van der Waals surface area contributed by atoms with Crippen molar-refractivity contribution in [3.05, 3.63) is 166 Å². The molecule has 8 bridgehead atoms. The molecule has 0 saturated heterocycles. The third-order valence-electron chi connectivity index (χ3n) is 9.72. The Bertz CT molecular complexity index is 2300. The Labute approximate surface area is 335 Å². The molecule has 0 fully saturated rings. The molecule has 2 aromatic heterocycles. The van der Waals surface area contributed by atoms with Crippen molar-refractivity contribution in [2.24, 2.45) is 0 Å². The SMILES string of the molecule is CC1(C)c2cccc(n2)N(c2ccccc2)c2[c-]c(c(F)c(C(F)(F)F)c2F)C(C)(C)c2cccc(n2)N(c2ccccc2)c2[c-]c1c(F)c(C(F)(F)F)c2F.[Pt+2]. The first-order valence-corrected chi connectivity index (χ1v) is 16.9. The number of hydrogen-bond donors (Lipinski definition) is 0. The van der Waals surface area contributed by atoms with E-state index >= 15 is 17.6 Å². The summed E-state index contributed by atoms with van der Waals surface area (Å²) in [4.78, 5) is 11.0. The van der Waals surface area contributed by atoms with Crippen LogP contribution in [0.15, 0.2) is 97.1 Å². The maximum atomic E-state index is 16.5. The molecular formula is C42H28F10N4Pt. The Morgan fingerprint density at radius 2 is 0.807 bits per heavy atom. The molecule has 7 rings (SSSR count). The topological polar surface area (TPSA) is 32.3 Å². The van der Waals surface area contributed by atoms with Crippen molar-refractivity contribution in [3.63, 3.8) is 0 Å². The minimum absolute atomic E-state index is 0. The van der Waals surface area contributed by atoms with E-state index in [1.54, 1.807) is 12.1 Å². The fourth-order valence-corrected chi connectivity index (χ4v) is 6.76. The summed E-state index contributed by atoms with van der Waals surface area (Å²) in [7, 11) is 0. The summed E-state index contributed by atoms with van der Waals surface area (Å²) >= 11 is 0. The molecule has 0 amide bonds. The van der Waals surface area contributed by atoms with Gasteiger partial charge in [0.25, 0.3) is 0 Å². The number of alkyl halides is 6. The van der Waals surface area contributed by atoms with Crippen molar-refractivity contribution in [1.82, 2.24) is 9.97 Å². The van der Waals surface area contributed by atoms with Crippen LogP contribution >= 0.6 is 0 Å². The molecular weight excluding hydrogens is 946 g/mol. The van der Waals surface area contributed by atoms with Gasteiger partial charge in [-0.2, -0.15) is 26.3 Å².